The van der Waals surface area contributed by atoms with Crippen molar-refractivity contribution in [2.24, 2.45) is 5.92 Å². The zero-order valence-electron chi connectivity index (χ0n) is 16.7. The number of aliphatic hydroxyl groups is 1. The summed E-state index contributed by atoms with van der Waals surface area (Å²) in [7, 11) is -3.36. The molecule has 0 bridgehead atoms. The van der Waals surface area contributed by atoms with Gasteiger partial charge in [-0.05, 0) is 43.7 Å². The maximum Gasteiger partial charge on any atom is 0.164 e. The summed E-state index contributed by atoms with van der Waals surface area (Å²) in [4.78, 5) is 10.8. The summed E-state index contributed by atoms with van der Waals surface area (Å²) in [5.74, 6) is -1.03. The average Bonchev–Trinajstić information content (AvgIpc) is 3.02. The van der Waals surface area contributed by atoms with Crippen molar-refractivity contribution in [2.45, 2.75) is 37.2 Å². The van der Waals surface area contributed by atoms with E-state index in [1.807, 2.05) is 4.90 Å². The summed E-state index contributed by atoms with van der Waals surface area (Å²) in [5, 5.41) is 8.69. The molecule has 2 aliphatic rings. The fourth-order valence-corrected chi connectivity index (χ4v) is 5.80. The lowest BCUT2D eigenvalue weighted by Crippen LogP contribution is -2.35. The number of rotatable bonds is 5. The van der Waals surface area contributed by atoms with Gasteiger partial charge in [0.1, 0.15) is 17.5 Å². The van der Waals surface area contributed by atoms with Crippen LogP contribution in [0.4, 0.5) is 14.6 Å². The summed E-state index contributed by atoms with van der Waals surface area (Å²) in [6.07, 6.45) is 3.49. The number of hydrogen-bond acceptors (Lipinski definition) is 6. The van der Waals surface area contributed by atoms with E-state index < -0.39 is 21.5 Å². The minimum atomic E-state index is -3.36. The molecule has 6 nitrogen and oxygen atoms in total. The molecule has 2 aliphatic heterocycles. The third-order valence-electron chi connectivity index (χ3n) is 5.73. The second-order valence-electron chi connectivity index (χ2n) is 7.87. The molecule has 11 heteroatoms. The zero-order valence-corrected chi connectivity index (χ0v) is 19.0. The zero-order chi connectivity index (χ0) is 21.5. The molecule has 0 aliphatic carbocycles. The van der Waals surface area contributed by atoms with Gasteiger partial charge in [-0.1, -0.05) is 11.6 Å². The second kappa shape index (κ2) is 9.52. The summed E-state index contributed by atoms with van der Waals surface area (Å²) in [6, 6.07) is 1.81. The molecule has 3 heterocycles. The van der Waals surface area contributed by atoms with Gasteiger partial charge in [0.15, 0.2) is 15.7 Å². The molecule has 0 amide bonds. The first kappa shape index (κ1) is 24.1. The van der Waals surface area contributed by atoms with E-state index >= 15 is 0 Å². The fraction of sp³-hybridized carbons (Fsp3) is 0.500. The van der Waals surface area contributed by atoms with E-state index in [1.165, 1.54) is 0 Å². The largest absolute Gasteiger partial charge is 0.396 e. The lowest BCUT2D eigenvalue weighted by molar-refractivity contribution is 0.261. The topological polar surface area (TPSA) is 83.4 Å². The first-order valence-corrected chi connectivity index (χ1v) is 12.1. The predicted octanol–water partition coefficient (Wildman–Crippen LogP) is 3.91. The highest BCUT2D eigenvalue weighted by Gasteiger charge is 2.33. The number of halogens is 4. The molecule has 0 unspecified atom stereocenters. The van der Waals surface area contributed by atoms with Crippen molar-refractivity contribution in [3.05, 3.63) is 40.0 Å². The van der Waals surface area contributed by atoms with Crippen LogP contribution in [0.1, 0.15) is 36.9 Å². The number of aliphatic hydroxyl groups excluding tert-OH is 1. The van der Waals surface area contributed by atoms with Crippen molar-refractivity contribution >= 4 is 39.7 Å². The molecule has 31 heavy (non-hydrogen) atoms. The maximum atomic E-state index is 14.5. The van der Waals surface area contributed by atoms with Crippen LogP contribution in [0.3, 0.4) is 0 Å². The minimum absolute atomic E-state index is 0. The van der Waals surface area contributed by atoms with Gasteiger partial charge in [-0.3, -0.25) is 0 Å². The van der Waals surface area contributed by atoms with Crippen molar-refractivity contribution in [2.75, 3.05) is 24.6 Å². The third kappa shape index (κ3) is 5.10. The molecular weight excluding hydrogens is 471 g/mol. The average molecular weight is 494 g/mol. The lowest BCUT2D eigenvalue weighted by atomic mass is 9.92. The van der Waals surface area contributed by atoms with Crippen LogP contribution >= 0.6 is 24.0 Å². The normalized spacial score (nSPS) is 18.0. The van der Waals surface area contributed by atoms with Gasteiger partial charge >= 0.3 is 0 Å². The SMILES string of the molecule is Cl.O=S1(=O)Cc2nc(-c3cc(F)c(Cl)cc3F)nc(N3CCC(CCCO)CC3)c2C1. The van der Waals surface area contributed by atoms with Crippen LogP contribution in [0.15, 0.2) is 12.1 Å². The molecule has 1 saturated heterocycles. The lowest BCUT2D eigenvalue weighted by Gasteiger charge is -2.34. The molecule has 2 aromatic rings. The van der Waals surface area contributed by atoms with Crippen LogP contribution < -0.4 is 4.90 Å². The Morgan fingerprint density at radius 3 is 2.52 bits per heavy atom. The van der Waals surface area contributed by atoms with Crippen LogP contribution in [0.25, 0.3) is 11.4 Å². The standard InChI is InChI=1S/C20H22ClF2N3O3S.ClH/c21-15-9-16(22)13(8-17(15)23)19-24-18-11-30(28,29)10-14(18)20(25-19)26-5-3-12(4-6-26)2-1-7-27;/h8-9,12,27H,1-7,10-11H2;1H. The molecular formula is C20H23Cl2F2N3O3S. The first-order valence-electron chi connectivity index (χ1n) is 9.88. The maximum absolute atomic E-state index is 14.5. The first-order chi connectivity index (χ1) is 14.3. The fourth-order valence-electron chi connectivity index (χ4n) is 4.15. The van der Waals surface area contributed by atoms with Gasteiger partial charge in [0.2, 0.25) is 0 Å². The molecule has 0 saturated carbocycles. The Hall–Kier alpha value is -1.55. The van der Waals surface area contributed by atoms with Crippen LogP contribution in [-0.4, -0.2) is 43.2 Å². The molecule has 1 aromatic carbocycles. The van der Waals surface area contributed by atoms with E-state index in [0.717, 1.165) is 37.8 Å². The summed E-state index contributed by atoms with van der Waals surface area (Å²) in [5.41, 5.74) is 0.734. The number of hydrogen-bond donors (Lipinski definition) is 1. The van der Waals surface area contributed by atoms with Crippen molar-refractivity contribution in [3.63, 3.8) is 0 Å². The Morgan fingerprint density at radius 1 is 1.13 bits per heavy atom. The quantitative estimate of drug-likeness (QED) is 0.635. The summed E-state index contributed by atoms with van der Waals surface area (Å²) in [6.45, 7) is 1.52. The van der Waals surface area contributed by atoms with Crippen LogP contribution in [-0.2, 0) is 21.3 Å². The van der Waals surface area contributed by atoms with Gasteiger partial charge in [-0.2, -0.15) is 0 Å². The van der Waals surface area contributed by atoms with Gasteiger partial charge in [-0.15, -0.1) is 12.4 Å². The number of fused-ring (bicyclic) bond motifs is 1. The Morgan fingerprint density at radius 2 is 1.84 bits per heavy atom. The molecule has 1 aromatic heterocycles. The van der Waals surface area contributed by atoms with E-state index in [9.17, 15) is 17.2 Å². The number of sulfone groups is 1. The summed E-state index contributed by atoms with van der Waals surface area (Å²) < 4.78 is 52.9. The Bertz CT molecular complexity index is 1080. The third-order valence-corrected chi connectivity index (χ3v) is 7.46. The molecule has 1 fully saturated rings. The molecule has 4 rings (SSSR count). The highest BCUT2D eigenvalue weighted by atomic mass is 35.5. The minimum Gasteiger partial charge on any atom is -0.396 e. The van der Waals surface area contributed by atoms with Crippen LogP contribution in [0.2, 0.25) is 5.02 Å². The van der Waals surface area contributed by atoms with Crippen molar-refractivity contribution in [1.29, 1.82) is 0 Å². The van der Waals surface area contributed by atoms with Crippen LogP contribution in [0.5, 0.6) is 0 Å². The highest BCUT2D eigenvalue weighted by Crippen LogP contribution is 2.36. The monoisotopic (exact) mass is 493 g/mol. The van der Waals surface area contributed by atoms with Crippen molar-refractivity contribution in [3.8, 4) is 11.4 Å². The molecule has 0 radical (unpaired) electrons. The van der Waals surface area contributed by atoms with E-state index in [1.54, 1.807) is 0 Å². The number of benzene rings is 1. The second-order valence-corrected chi connectivity index (χ2v) is 10.3. The Kier molecular flexibility index (Phi) is 7.40. The van der Waals surface area contributed by atoms with Gasteiger partial charge < -0.3 is 10.0 Å². The van der Waals surface area contributed by atoms with Gasteiger partial charge in [-0.25, -0.2) is 27.2 Å². The smallest absolute Gasteiger partial charge is 0.164 e. The summed E-state index contributed by atoms with van der Waals surface area (Å²) >= 11 is 5.65. The molecule has 0 spiro atoms. The number of anilines is 1. The number of aromatic nitrogens is 2. The molecule has 1 N–H and O–H groups in total. The number of piperidine rings is 1. The van der Waals surface area contributed by atoms with E-state index in [-0.39, 0.29) is 46.9 Å². The Labute approximate surface area is 191 Å². The predicted molar refractivity (Wildman–Crippen MR) is 117 cm³/mol. The van der Waals surface area contributed by atoms with Crippen molar-refractivity contribution < 1.29 is 22.3 Å². The molecule has 0 atom stereocenters. The van der Waals surface area contributed by atoms with Gasteiger partial charge in [0.25, 0.3) is 0 Å². The van der Waals surface area contributed by atoms with Crippen LogP contribution in [0, 0.1) is 17.6 Å². The van der Waals surface area contributed by atoms with Gasteiger partial charge in [0.05, 0.1) is 27.8 Å². The molecule has 170 valence electrons. The highest BCUT2D eigenvalue weighted by molar-refractivity contribution is 7.90. The van der Waals surface area contributed by atoms with E-state index in [4.69, 9.17) is 16.7 Å². The number of nitrogens with zero attached hydrogens (tertiary/aromatic N) is 3. The van der Waals surface area contributed by atoms with Crippen molar-refractivity contribution in [1.82, 2.24) is 9.97 Å². The van der Waals surface area contributed by atoms with E-state index in [0.29, 0.717) is 36.1 Å². The Balaban J connectivity index is 0.00000272. The van der Waals surface area contributed by atoms with E-state index in [2.05, 4.69) is 9.97 Å². The van der Waals surface area contributed by atoms with Gasteiger partial charge in [0, 0.05) is 25.3 Å².